The first-order chi connectivity index (χ1) is 14.6. The minimum Gasteiger partial charge on any atom is -0.463 e. The highest BCUT2D eigenvalue weighted by Gasteiger charge is 2.16. The Kier molecular flexibility index (Phi) is 6.39. The fourth-order valence-electron chi connectivity index (χ4n) is 3.59. The molecule has 1 fully saturated rings. The van der Waals surface area contributed by atoms with E-state index in [0.717, 1.165) is 51.1 Å². The number of hydrogen-bond donors (Lipinski definition) is 3. The molecule has 0 spiro atoms. The molecule has 160 valence electrons. The molecule has 30 heavy (non-hydrogen) atoms. The lowest BCUT2D eigenvalue weighted by Gasteiger charge is -2.27. The van der Waals surface area contributed by atoms with E-state index in [0.29, 0.717) is 35.3 Å². The molecule has 1 aromatic carbocycles. The van der Waals surface area contributed by atoms with Crippen LogP contribution in [0.15, 0.2) is 18.2 Å². The van der Waals surface area contributed by atoms with Crippen LogP contribution >= 0.6 is 0 Å². The maximum absolute atomic E-state index is 14.8. The molecule has 0 unspecified atom stereocenters. The number of hydrogen-bond acceptors (Lipinski definition) is 7. The molecule has 9 heteroatoms. The van der Waals surface area contributed by atoms with Crippen LogP contribution in [0.2, 0.25) is 0 Å². The standard InChI is InChI=1S/C21H28FN7O/c1-2-3-10-30-21-25-18-17(27-28-19(18)20(23)26-21)12-15-5-4-14(11-16(15)22)13-29-8-6-24-7-9-29/h4-5,11,24H,2-3,6-10,12-13H2,1H3,(H,27,28)(H2,23,25,26). The van der Waals surface area contributed by atoms with Gasteiger partial charge in [0.25, 0.3) is 0 Å². The number of halogens is 1. The van der Waals surface area contributed by atoms with E-state index in [-0.39, 0.29) is 17.6 Å². The second kappa shape index (κ2) is 9.36. The van der Waals surface area contributed by atoms with Crippen molar-refractivity contribution in [3.8, 4) is 6.01 Å². The first kappa shape index (κ1) is 20.5. The summed E-state index contributed by atoms with van der Waals surface area (Å²) >= 11 is 0. The minimum absolute atomic E-state index is 0.225. The monoisotopic (exact) mass is 413 g/mol. The number of nitrogens with zero attached hydrogens (tertiary/aromatic N) is 4. The van der Waals surface area contributed by atoms with E-state index in [4.69, 9.17) is 10.5 Å². The molecule has 0 aliphatic carbocycles. The van der Waals surface area contributed by atoms with Gasteiger partial charge in [-0.05, 0) is 23.6 Å². The summed E-state index contributed by atoms with van der Waals surface area (Å²) in [6.45, 7) is 7.27. The van der Waals surface area contributed by atoms with Gasteiger partial charge in [0, 0.05) is 39.1 Å². The summed E-state index contributed by atoms with van der Waals surface area (Å²) in [4.78, 5) is 10.9. The molecule has 3 aromatic rings. The fraction of sp³-hybridized carbons (Fsp3) is 0.476. The molecule has 0 saturated carbocycles. The maximum atomic E-state index is 14.8. The van der Waals surface area contributed by atoms with Crippen LogP contribution in [0.25, 0.3) is 11.0 Å². The number of ether oxygens (including phenoxy) is 1. The van der Waals surface area contributed by atoms with E-state index in [1.54, 1.807) is 6.07 Å². The number of benzene rings is 1. The number of H-pyrrole nitrogens is 1. The molecule has 1 aliphatic rings. The van der Waals surface area contributed by atoms with Crippen molar-refractivity contribution >= 4 is 16.9 Å². The second-order valence-corrected chi connectivity index (χ2v) is 7.62. The summed E-state index contributed by atoms with van der Waals surface area (Å²) in [5.74, 6) is 0.0210. The highest BCUT2D eigenvalue weighted by atomic mass is 19.1. The zero-order valence-corrected chi connectivity index (χ0v) is 17.2. The lowest BCUT2D eigenvalue weighted by atomic mass is 10.1. The molecule has 4 rings (SSSR count). The number of anilines is 1. The van der Waals surface area contributed by atoms with Gasteiger partial charge in [-0.1, -0.05) is 25.5 Å². The number of nitrogen functional groups attached to an aromatic ring is 1. The van der Waals surface area contributed by atoms with Crippen LogP contribution in [0.3, 0.4) is 0 Å². The molecule has 0 bridgehead atoms. The Balaban J connectivity index is 1.51. The molecule has 0 atom stereocenters. The number of rotatable bonds is 8. The molecule has 1 aliphatic heterocycles. The van der Waals surface area contributed by atoms with Gasteiger partial charge in [-0.25, -0.2) is 4.39 Å². The Bertz CT molecular complexity index is 1000. The zero-order valence-electron chi connectivity index (χ0n) is 17.2. The fourth-order valence-corrected chi connectivity index (χ4v) is 3.59. The van der Waals surface area contributed by atoms with E-state index in [1.807, 2.05) is 12.1 Å². The molecule has 4 N–H and O–H groups in total. The summed E-state index contributed by atoms with van der Waals surface area (Å²) in [5, 5.41) is 10.5. The van der Waals surface area contributed by atoms with Crippen LogP contribution in [0.5, 0.6) is 6.01 Å². The lowest BCUT2D eigenvalue weighted by Crippen LogP contribution is -2.42. The summed E-state index contributed by atoms with van der Waals surface area (Å²) in [5.41, 5.74) is 9.30. The van der Waals surface area contributed by atoms with Crippen molar-refractivity contribution in [3.63, 3.8) is 0 Å². The summed E-state index contributed by atoms with van der Waals surface area (Å²) < 4.78 is 20.4. The number of unbranched alkanes of at least 4 members (excludes halogenated alkanes) is 1. The number of fused-ring (bicyclic) bond motifs is 1. The molecule has 0 amide bonds. The van der Waals surface area contributed by atoms with Gasteiger partial charge in [-0.3, -0.25) is 10.00 Å². The van der Waals surface area contributed by atoms with E-state index in [2.05, 4.69) is 37.3 Å². The molecule has 8 nitrogen and oxygen atoms in total. The van der Waals surface area contributed by atoms with E-state index < -0.39 is 0 Å². The Labute approximate surface area is 175 Å². The van der Waals surface area contributed by atoms with E-state index >= 15 is 0 Å². The van der Waals surface area contributed by atoms with Crippen molar-refractivity contribution in [2.75, 3.05) is 38.5 Å². The van der Waals surface area contributed by atoms with E-state index in [9.17, 15) is 4.39 Å². The molecule has 2 aromatic heterocycles. The van der Waals surface area contributed by atoms with Crippen LogP contribution in [0, 0.1) is 5.82 Å². The highest BCUT2D eigenvalue weighted by Crippen LogP contribution is 2.24. The SMILES string of the molecule is CCCCOc1nc(N)c2n[nH]c(Cc3ccc(CN4CCNCC4)cc3F)c2n1. The third-order valence-corrected chi connectivity index (χ3v) is 5.31. The third kappa shape index (κ3) is 4.68. The topological polar surface area (TPSA) is 105 Å². The number of piperazine rings is 1. The van der Waals surface area contributed by atoms with Crippen LogP contribution in [0.4, 0.5) is 10.2 Å². The van der Waals surface area contributed by atoms with Crippen LogP contribution in [0.1, 0.15) is 36.6 Å². The first-order valence-corrected chi connectivity index (χ1v) is 10.5. The van der Waals surface area contributed by atoms with Crippen LogP contribution in [-0.2, 0) is 13.0 Å². The van der Waals surface area contributed by atoms with Gasteiger partial charge in [-0.15, -0.1) is 0 Å². The van der Waals surface area contributed by atoms with Crippen molar-refractivity contribution in [1.29, 1.82) is 0 Å². The van der Waals surface area contributed by atoms with Gasteiger partial charge < -0.3 is 15.8 Å². The average molecular weight is 414 g/mol. The zero-order chi connectivity index (χ0) is 20.9. The molecular formula is C21H28FN7O. The smallest absolute Gasteiger partial charge is 0.319 e. The number of aromatic amines is 1. The average Bonchev–Trinajstić information content (AvgIpc) is 3.14. The third-order valence-electron chi connectivity index (χ3n) is 5.31. The maximum Gasteiger partial charge on any atom is 0.319 e. The number of nitrogens with two attached hydrogens (primary N) is 1. The van der Waals surface area contributed by atoms with Gasteiger partial charge in [-0.2, -0.15) is 15.1 Å². The molecule has 0 radical (unpaired) electrons. The van der Waals surface area contributed by atoms with Crippen molar-refractivity contribution < 1.29 is 9.13 Å². The van der Waals surface area contributed by atoms with Gasteiger partial charge in [0.05, 0.1) is 12.3 Å². The summed E-state index contributed by atoms with van der Waals surface area (Å²) in [6.07, 6.45) is 2.25. The minimum atomic E-state index is -0.230. The van der Waals surface area contributed by atoms with Gasteiger partial charge in [0.1, 0.15) is 11.3 Å². The lowest BCUT2D eigenvalue weighted by molar-refractivity contribution is 0.233. The van der Waals surface area contributed by atoms with Gasteiger partial charge in [0.15, 0.2) is 11.3 Å². The number of aromatic nitrogens is 4. The normalized spacial score (nSPS) is 15.0. The Morgan fingerprint density at radius 2 is 2.03 bits per heavy atom. The summed E-state index contributed by atoms with van der Waals surface area (Å²) in [6, 6.07) is 5.67. The van der Waals surface area contributed by atoms with Crippen molar-refractivity contribution in [2.45, 2.75) is 32.7 Å². The van der Waals surface area contributed by atoms with Crippen LogP contribution < -0.4 is 15.8 Å². The second-order valence-electron chi connectivity index (χ2n) is 7.62. The molecule has 3 heterocycles. The Morgan fingerprint density at radius 3 is 2.80 bits per heavy atom. The molecule has 1 saturated heterocycles. The van der Waals surface area contributed by atoms with E-state index in [1.165, 1.54) is 0 Å². The van der Waals surface area contributed by atoms with Crippen molar-refractivity contribution in [1.82, 2.24) is 30.4 Å². The Morgan fingerprint density at radius 1 is 1.20 bits per heavy atom. The van der Waals surface area contributed by atoms with Crippen molar-refractivity contribution in [2.24, 2.45) is 0 Å². The summed E-state index contributed by atoms with van der Waals surface area (Å²) in [7, 11) is 0. The molecular weight excluding hydrogens is 385 g/mol. The van der Waals surface area contributed by atoms with Gasteiger partial charge in [0.2, 0.25) is 0 Å². The number of nitrogens with one attached hydrogen (secondary N) is 2. The predicted molar refractivity (Wildman–Crippen MR) is 114 cm³/mol. The first-order valence-electron chi connectivity index (χ1n) is 10.5. The van der Waals surface area contributed by atoms with Crippen LogP contribution in [-0.4, -0.2) is 57.9 Å². The van der Waals surface area contributed by atoms with Crippen molar-refractivity contribution in [3.05, 3.63) is 40.8 Å². The quantitative estimate of drug-likeness (QED) is 0.487. The Hall–Kier alpha value is -2.78. The van der Waals surface area contributed by atoms with Gasteiger partial charge >= 0.3 is 6.01 Å². The predicted octanol–water partition coefficient (Wildman–Crippen LogP) is 2.25. The largest absolute Gasteiger partial charge is 0.463 e. The highest BCUT2D eigenvalue weighted by molar-refractivity contribution is 5.86.